The summed E-state index contributed by atoms with van der Waals surface area (Å²) in [5.41, 5.74) is -0.588. The van der Waals surface area contributed by atoms with Gasteiger partial charge in [-0.05, 0) is 27.2 Å². The number of ether oxygens (including phenoxy) is 1. The van der Waals surface area contributed by atoms with Crippen LogP contribution in [0.5, 0.6) is 0 Å². The number of alkyl carbamates (subject to hydrolysis) is 1. The maximum absolute atomic E-state index is 11.6. The van der Waals surface area contributed by atoms with Crippen LogP contribution in [0.2, 0.25) is 6.04 Å². The quantitative estimate of drug-likeness (QED) is 0.480. The Balaban J connectivity index is 3.89. The average molecular weight is 336 g/mol. The van der Waals surface area contributed by atoms with Gasteiger partial charge in [0.25, 0.3) is 0 Å². The normalized spacial score (nSPS) is 11.9. The van der Waals surface area contributed by atoms with E-state index in [4.69, 9.17) is 18.0 Å². The summed E-state index contributed by atoms with van der Waals surface area (Å²) in [4.78, 5) is 23.0. The number of carbonyl (C=O) groups excluding carboxylic acids is 2. The first-order valence-electron chi connectivity index (χ1n) is 7.07. The fraction of sp³-hybridized carbons (Fsp3) is 0.846. The minimum Gasteiger partial charge on any atom is -0.444 e. The molecule has 22 heavy (non-hydrogen) atoms. The van der Waals surface area contributed by atoms with Crippen LogP contribution in [0.3, 0.4) is 0 Å². The number of carbonyl (C=O) groups is 2. The first-order valence-corrected chi connectivity index (χ1v) is 9.00. The second-order valence-electron chi connectivity index (χ2n) is 5.60. The van der Waals surface area contributed by atoms with E-state index < -0.39 is 20.5 Å². The predicted octanol–water partition coefficient (Wildman–Crippen LogP) is 0.895. The molecule has 130 valence electrons. The number of hydrogen-bond acceptors (Lipinski definition) is 6. The van der Waals surface area contributed by atoms with Crippen molar-refractivity contribution >= 4 is 20.8 Å². The van der Waals surface area contributed by atoms with Crippen LogP contribution in [0.4, 0.5) is 4.79 Å². The maximum atomic E-state index is 11.6. The van der Waals surface area contributed by atoms with Crippen molar-refractivity contribution in [2.24, 2.45) is 0 Å². The van der Waals surface area contributed by atoms with E-state index in [-0.39, 0.29) is 12.5 Å². The van der Waals surface area contributed by atoms with Gasteiger partial charge in [-0.3, -0.25) is 4.79 Å². The first-order chi connectivity index (χ1) is 10.2. The Kier molecular flexibility index (Phi) is 9.26. The molecule has 0 bridgehead atoms. The van der Waals surface area contributed by atoms with Crippen molar-refractivity contribution < 1.29 is 27.6 Å². The van der Waals surface area contributed by atoms with E-state index in [1.165, 1.54) is 0 Å². The van der Waals surface area contributed by atoms with Crippen LogP contribution in [0.1, 0.15) is 27.2 Å². The Morgan fingerprint density at radius 1 is 1.00 bits per heavy atom. The van der Waals surface area contributed by atoms with Gasteiger partial charge in [0.1, 0.15) is 5.60 Å². The van der Waals surface area contributed by atoms with E-state index in [1.807, 2.05) is 0 Å². The smallest absolute Gasteiger partial charge is 0.444 e. The highest BCUT2D eigenvalue weighted by atomic mass is 28.4. The van der Waals surface area contributed by atoms with E-state index in [0.717, 1.165) is 0 Å². The summed E-state index contributed by atoms with van der Waals surface area (Å²) in [6.45, 7) is 5.58. The molecule has 9 heteroatoms. The minimum absolute atomic E-state index is 0.129. The third-order valence-electron chi connectivity index (χ3n) is 2.71. The Morgan fingerprint density at radius 2 is 1.55 bits per heavy atom. The van der Waals surface area contributed by atoms with Crippen molar-refractivity contribution in [1.82, 2.24) is 10.6 Å². The Hall–Kier alpha value is -1.16. The summed E-state index contributed by atoms with van der Waals surface area (Å²) in [6.07, 6.45) is 0.0344. The van der Waals surface area contributed by atoms with Crippen LogP contribution in [0, 0.1) is 0 Å². The standard InChI is InChI=1S/C13H28N2O6Si/c1-13(2,3)21-12(17)15-10-11(16)14-8-7-9-22(18-4,19-5)20-6/h7-10H2,1-6H3,(H,14,16)(H,15,17). The molecule has 0 rings (SSSR count). The highest BCUT2D eigenvalue weighted by Gasteiger charge is 2.36. The zero-order valence-electron chi connectivity index (χ0n) is 14.3. The van der Waals surface area contributed by atoms with Crippen LogP contribution >= 0.6 is 0 Å². The maximum Gasteiger partial charge on any atom is 0.500 e. The van der Waals surface area contributed by atoms with E-state index in [1.54, 1.807) is 42.1 Å². The molecule has 8 nitrogen and oxygen atoms in total. The van der Waals surface area contributed by atoms with Gasteiger partial charge < -0.3 is 28.6 Å². The molecule has 0 radical (unpaired) electrons. The van der Waals surface area contributed by atoms with Gasteiger partial charge in [0.15, 0.2) is 0 Å². The molecule has 0 spiro atoms. The van der Waals surface area contributed by atoms with E-state index in [9.17, 15) is 9.59 Å². The molecule has 0 aliphatic rings. The second kappa shape index (κ2) is 9.77. The molecular weight excluding hydrogens is 308 g/mol. The van der Waals surface area contributed by atoms with Gasteiger partial charge in [-0.2, -0.15) is 0 Å². The monoisotopic (exact) mass is 336 g/mol. The lowest BCUT2D eigenvalue weighted by Crippen LogP contribution is -2.44. The van der Waals surface area contributed by atoms with Crippen molar-refractivity contribution in [3.63, 3.8) is 0 Å². The largest absolute Gasteiger partial charge is 0.500 e. The molecule has 0 saturated carbocycles. The Bertz CT molecular complexity index is 347. The van der Waals surface area contributed by atoms with Gasteiger partial charge in [-0.1, -0.05) is 0 Å². The minimum atomic E-state index is -2.59. The fourth-order valence-electron chi connectivity index (χ4n) is 1.62. The third-order valence-corrected chi connectivity index (χ3v) is 5.54. The van der Waals surface area contributed by atoms with Crippen LogP contribution < -0.4 is 10.6 Å². The molecule has 0 atom stereocenters. The zero-order valence-corrected chi connectivity index (χ0v) is 15.3. The van der Waals surface area contributed by atoms with Crippen molar-refractivity contribution in [1.29, 1.82) is 0 Å². The van der Waals surface area contributed by atoms with Gasteiger partial charge in [0, 0.05) is 33.9 Å². The highest BCUT2D eigenvalue weighted by molar-refractivity contribution is 6.60. The van der Waals surface area contributed by atoms with Crippen molar-refractivity contribution in [3.8, 4) is 0 Å². The summed E-state index contributed by atoms with van der Waals surface area (Å²) >= 11 is 0. The number of hydrogen-bond donors (Lipinski definition) is 2. The van der Waals surface area contributed by atoms with E-state index >= 15 is 0 Å². The molecule has 0 heterocycles. The summed E-state index contributed by atoms with van der Waals surface area (Å²) < 4.78 is 20.9. The highest BCUT2D eigenvalue weighted by Crippen LogP contribution is 2.14. The lowest BCUT2D eigenvalue weighted by Gasteiger charge is -2.24. The molecule has 0 fully saturated rings. The molecule has 0 unspecified atom stereocenters. The number of nitrogens with one attached hydrogen (secondary N) is 2. The van der Waals surface area contributed by atoms with Gasteiger partial charge in [-0.15, -0.1) is 0 Å². The van der Waals surface area contributed by atoms with Crippen LogP contribution in [-0.2, 0) is 22.8 Å². The molecular formula is C13H28N2O6Si. The molecule has 0 aromatic heterocycles. The topological polar surface area (TPSA) is 95.1 Å². The lowest BCUT2D eigenvalue weighted by molar-refractivity contribution is -0.120. The van der Waals surface area contributed by atoms with Crippen molar-refractivity contribution in [2.75, 3.05) is 34.4 Å². The summed E-state index contributed by atoms with van der Waals surface area (Å²) in [5, 5.41) is 5.08. The lowest BCUT2D eigenvalue weighted by atomic mass is 10.2. The van der Waals surface area contributed by atoms with Crippen LogP contribution in [0.15, 0.2) is 0 Å². The first kappa shape index (κ1) is 20.8. The molecule has 0 aromatic carbocycles. The second-order valence-corrected chi connectivity index (χ2v) is 8.70. The SMILES string of the molecule is CO[Si](CCCNC(=O)CNC(=O)OC(C)(C)C)(OC)OC. The predicted molar refractivity (Wildman–Crippen MR) is 83.5 cm³/mol. The number of rotatable bonds is 9. The molecule has 0 aromatic rings. The number of amides is 2. The molecule has 2 amide bonds. The zero-order chi connectivity index (χ0) is 17.2. The van der Waals surface area contributed by atoms with E-state index in [0.29, 0.717) is 19.0 Å². The Morgan fingerprint density at radius 3 is 2.00 bits per heavy atom. The summed E-state index contributed by atoms with van der Waals surface area (Å²) in [6, 6.07) is 0.594. The molecule has 0 aliphatic carbocycles. The van der Waals surface area contributed by atoms with Gasteiger partial charge in [0.05, 0.1) is 6.54 Å². The summed E-state index contributed by atoms with van der Waals surface area (Å²) in [5.74, 6) is -0.287. The average Bonchev–Trinajstić information content (AvgIpc) is 2.44. The third kappa shape index (κ3) is 8.98. The molecule has 0 saturated heterocycles. The van der Waals surface area contributed by atoms with Crippen molar-refractivity contribution in [2.45, 2.75) is 38.8 Å². The molecule has 0 aliphatic heterocycles. The van der Waals surface area contributed by atoms with Crippen molar-refractivity contribution in [3.05, 3.63) is 0 Å². The Labute approximate surface area is 133 Å². The van der Waals surface area contributed by atoms with Gasteiger partial charge in [0.2, 0.25) is 5.91 Å². The van der Waals surface area contributed by atoms with Gasteiger partial charge in [-0.25, -0.2) is 4.79 Å². The van der Waals surface area contributed by atoms with Crippen LogP contribution in [-0.4, -0.2) is 60.8 Å². The van der Waals surface area contributed by atoms with Crippen LogP contribution in [0.25, 0.3) is 0 Å². The fourth-order valence-corrected chi connectivity index (χ4v) is 3.34. The molecule has 2 N–H and O–H groups in total. The van der Waals surface area contributed by atoms with E-state index in [2.05, 4.69) is 10.6 Å². The van der Waals surface area contributed by atoms with Gasteiger partial charge >= 0.3 is 14.9 Å². The summed E-state index contributed by atoms with van der Waals surface area (Å²) in [7, 11) is 2.04.